The van der Waals surface area contributed by atoms with E-state index in [-0.39, 0.29) is 12.3 Å². The molecule has 0 saturated carbocycles. The lowest BCUT2D eigenvalue weighted by atomic mass is 9.97. The predicted octanol–water partition coefficient (Wildman–Crippen LogP) is 0.382. The molecule has 1 aromatic carbocycles. The SMILES string of the molecule is CC[C@H](C)[C@H](NC(=O)c1ccccc1)C(=O)N[C@@H](CCC(=O)O)C(=O)NCC(=O)O. The van der Waals surface area contributed by atoms with Crippen LogP contribution < -0.4 is 16.0 Å². The third-order valence-electron chi connectivity index (χ3n) is 4.51. The molecule has 0 aromatic heterocycles. The zero-order valence-electron chi connectivity index (χ0n) is 16.9. The van der Waals surface area contributed by atoms with E-state index in [1.165, 1.54) is 0 Å². The molecule has 1 rings (SSSR count). The predicted molar refractivity (Wildman–Crippen MR) is 107 cm³/mol. The second-order valence-electron chi connectivity index (χ2n) is 6.81. The van der Waals surface area contributed by atoms with Crippen LogP contribution >= 0.6 is 0 Å². The van der Waals surface area contributed by atoms with Crippen molar-refractivity contribution in [2.45, 2.75) is 45.2 Å². The number of rotatable bonds is 12. The number of aliphatic carboxylic acids is 2. The van der Waals surface area contributed by atoms with Crippen LogP contribution in [0.3, 0.4) is 0 Å². The Kier molecular flexibility index (Phi) is 10.0. The van der Waals surface area contributed by atoms with Crippen molar-refractivity contribution in [3.05, 3.63) is 35.9 Å². The summed E-state index contributed by atoms with van der Waals surface area (Å²) in [6.45, 7) is 2.92. The van der Waals surface area contributed by atoms with E-state index in [1.807, 2.05) is 6.92 Å². The molecule has 0 heterocycles. The molecule has 0 bridgehead atoms. The molecule has 1 aromatic rings. The maximum atomic E-state index is 12.8. The Morgan fingerprint density at radius 3 is 2.10 bits per heavy atom. The van der Waals surface area contributed by atoms with Gasteiger partial charge in [-0.15, -0.1) is 0 Å². The number of carbonyl (C=O) groups excluding carboxylic acids is 3. The molecule has 30 heavy (non-hydrogen) atoms. The number of carbonyl (C=O) groups is 5. The summed E-state index contributed by atoms with van der Waals surface area (Å²) in [5.74, 6) is -4.66. The highest BCUT2D eigenvalue weighted by atomic mass is 16.4. The normalized spacial score (nSPS) is 13.4. The quantitative estimate of drug-likeness (QED) is 0.326. The van der Waals surface area contributed by atoms with Crippen molar-refractivity contribution < 1.29 is 34.2 Å². The van der Waals surface area contributed by atoms with Crippen molar-refractivity contribution in [3.8, 4) is 0 Å². The number of carboxylic acid groups (broad SMARTS) is 2. The van der Waals surface area contributed by atoms with Crippen molar-refractivity contribution in [2.75, 3.05) is 6.54 Å². The molecule has 0 spiro atoms. The second kappa shape index (κ2) is 12.2. The summed E-state index contributed by atoms with van der Waals surface area (Å²) in [5.41, 5.74) is 0.361. The number of benzene rings is 1. The van der Waals surface area contributed by atoms with E-state index in [2.05, 4.69) is 16.0 Å². The molecule has 10 nitrogen and oxygen atoms in total. The Hall–Kier alpha value is -3.43. The van der Waals surface area contributed by atoms with Crippen LogP contribution in [0.25, 0.3) is 0 Å². The Morgan fingerprint density at radius 2 is 1.57 bits per heavy atom. The number of hydrogen-bond acceptors (Lipinski definition) is 5. The van der Waals surface area contributed by atoms with Gasteiger partial charge < -0.3 is 26.2 Å². The van der Waals surface area contributed by atoms with Gasteiger partial charge in [-0.2, -0.15) is 0 Å². The minimum absolute atomic E-state index is 0.230. The summed E-state index contributed by atoms with van der Waals surface area (Å²) in [7, 11) is 0. The summed E-state index contributed by atoms with van der Waals surface area (Å²) >= 11 is 0. The lowest BCUT2D eigenvalue weighted by Gasteiger charge is -2.26. The molecule has 5 N–H and O–H groups in total. The van der Waals surface area contributed by atoms with Gasteiger partial charge in [-0.1, -0.05) is 38.5 Å². The maximum absolute atomic E-state index is 12.8. The van der Waals surface area contributed by atoms with Crippen LogP contribution in [-0.4, -0.2) is 58.5 Å². The average Bonchev–Trinajstić information content (AvgIpc) is 2.72. The number of hydrogen-bond donors (Lipinski definition) is 5. The molecule has 164 valence electrons. The van der Waals surface area contributed by atoms with Crippen LogP contribution in [-0.2, 0) is 19.2 Å². The van der Waals surface area contributed by atoms with Gasteiger partial charge in [0.25, 0.3) is 5.91 Å². The van der Waals surface area contributed by atoms with Crippen molar-refractivity contribution in [1.82, 2.24) is 16.0 Å². The molecular formula is C20H27N3O7. The first-order chi connectivity index (χ1) is 14.1. The van der Waals surface area contributed by atoms with Gasteiger partial charge in [-0.25, -0.2) is 0 Å². The van der Waals surface area contributed by atoms with E-state index in [9.17, 15) is 24.0 Å². The highest BCUT2D eigenvalue weighted by molar-refractivity contribution is 5.98. The molecule has 0 saturated heterocycles. The molecule has 10 heteroatoms. The molecule has 3 atom stereocenters. The largest absolute Gasteiger partial charge is 0.481 e. The van der Waals surface area contributed by atoms with E-state index >= 15 is 0 Å². The molecule has 0 unspecified atom stereocenters. The fourth-order valence-electron chi connectivity index (χ4n) is 2.60. The van der Waals surface area contributed by atoms with Crippen LogP contribution in [0.1, 0.15) is 43.5 Å². The van der Waals surface area contributed by atoms with Gasteiger partial charge in [0.2, 0.25) is 11.8 Å². The third kappa shape index (κ3) is 8.29. The first kappa shape index (κ1) is 24.6. The Bertz CT molecular complexity index is 767. The highest BCUT2D eigenvalue weighted by Gasteiger charge is 2.30. The fraction of sp³-hybridized carbons (Fsp3) is 0.450. The molecule has 0 aliphatic carbocycles. The minimum atomic E-state index is -1.28. The van der Waals surface area contributed by atoms with Gasteiger partial charge in [-0.05, 0) is 24.5 Å². The van der Waals surface area contributed by atoms with E-state index in [4.69, 9.17) is 10.2 Å². The number of nitrogens with one attached hydrogen (secondary N) is 3. The maximum Gasteiger partial charge on any atom is 0.322 e. The number of carboxylic acids is 2. The third-order valence-corrected chi connectivity index (χ3v) is 4.51. The van der Waals surface area contributed by atoms with Crippen molar-refractivity contribution in [1.29, 1.82) is 0 Å². The molecule has 0 radical (unpaired) electrons. The average molecular weight is 421 g/mol. The smallest absolute Gasteiger partial charge is 0.322 e. The minimum Gasteiger partial charge on any atom is -0.481 e. The topological polar surface area (TPSA) is 162 Å². The van der Waals surface area contributed by atoms with Gasteiger partial charge in [0.1, 0.15) is 18.6 Å². The summed E-state index contributed by atoms with van der Waals surface area (Å²) in [6.07, 6.45) is -0.0830. The summed E-state index contributed by atoms with van der Waals surface area (Å²) in [5, 5.41) is 24.8. The van der Waals surface area contributed by atoms with Crippen LogP contribution in [0.5, 0.6) is 0 Å². The van der Waals surface area contributed by atoms with Crippen molar-refractivity contribution >= 4 is 29.7 Å². The van der Waals surface area contributed by atoms with E-state index < -0.39 is 54.7 Å². The van der Waals surface area contributed by atoms with Crippen LogP contribution in [0, 0.1) is 5.92 Å². The van der Waals surface area contributed by atoms with Gasteiger partial charge >= 0.3 is 11.9 Å². The first-order valence-electron chi connectivity index (χ1n) is 9.53. The Labute approximate surface area is 174 Å². The fourth-order valence-corrected chi connectivity index (χ4v) is 2.60. The zero-order valence-corrected chi connectivity index (χ0v) is 16.9. The zero-order chi connectivity index (χ0) is 22.7. The Balaban J connectivity index is 2.94. The van der Waals surface area contributed by atoms with E-state index in [0.29, 0.717) is 12.0 Å². The molecule has 0 fully saturated rings. The number of amides is 3. The van der Waals surface area contributed by atoms with Crippen molar-refractivity contribution in [2.24, 2.45) is 5.92 Å². The molecule has 0 aliphatic rings. The lowest BCUT2D eigenvalue weighted by molar-refractivity contribution is -0.140. The summed E-state index contributed by atoms with van der Waals surface area (Å²) < 4.78 is 0. The standard InChI is InChI=1S/C20H27N3O7/c1-3-12(2)17(23-18(28)13-7-5-4-6-8-13)20(30)22-14(9-10-15(24)25)19(29)21-11-16(26)27/h4-8,12,14,17H,3,9-11H2,1-2H3,(H,21,29)(H,22,30)(H,23,28)(H,24,25)(H,26,27)/t12-,14-,17-/m0/s1. The highest BCUT2D eigenvalue weighted by Crippen LogP contribution is 2.11. The van der Waals surface area contributed by atoms with E-state index in [0.717, 1.165) is 0 Å². The van der Waals surface area contributed by atoms with Gasteiger partial charge in [0.15, 0.2) is 0 Å². The Morgan fingerprint density at radius 1 is 0.933 bits per heavy atom. The van der Waals surface area contributed by atoms with Crippen LogP contribution in [0.2, 0.25) is 0 Å². The van der Waals surface area contributed by atoms with Crippen LogP contribution in [0.15, 0.2) is 30.3 Å². The first-order valence-corrected chi connectivity index (χ1v) is 9.53. The summed E-state index contributed by atoms with van der Waals surface area (Å²) in [4.78, 5) is 59.1. The second-order valence-corrected chi connectivity index (χ2v) is 6.81. The monoisotopic (exact) mass is 421 g/mol. The van der Waals surface area contributed by atoms with Crippen molar-refractivity contribution in [3.63, 3.8) is 0 Å². The van der Waals surface area contributed by atoms with Gasteiger partial charge in [0, 0.05) is 12.0 Å². The van der Waals surface area contributed by atoms with E-state index in [1.54, 1.807) is 37.3 Å². The molecular weight excluding hydrogens is 394 g/mol. The summed E-state index contributed by atoms with van der Waals surface area (Å²) in [6, 6.07) is 6.07. The lowest BCUT2D eigenvalue weighted by Crippen LogP contribution is -2.56. The van der Waals surface area contributed by atoms with Gasteiger partial charge in [-0.3, -0.25) is 24.0 Å². The van der Waals surface area contributed by atoms with Crippen LogP contribution in [0.4, 0.5) is 0 Å². The molecule has 0 aliphatic heterocycles. The van der Waals surface area contributed by atoms with Gasteiger partial charge in [0.05, 0.1) is 0 Å². The molecule has 3 amide bonds.